The van der Waals surface area contributed by atoms with Gasteiger partial charge in [0.05, 0.1) is 6.61 Å². The van der Waals surface area contributed by atoms with Crippen LogP contribution in [0.2, 0.25) is 0 Å². The third-order valence-electron chi connectivity index (χ3n) is 1.95. The molecule has 0 aliphatic heterocycles. The van der Waals surface area contributed by atoms with Crippen LogP contribution in [-0.4, -0.2) is 12.6 Å². The average Bonchev–Trinajstić information content (AvgIpc) is 2.14. The Bertz CT molecular complexity index is 121. The lowest BCUT2D eigenvalue weighted by Gasteiger charge is -2.02. The van der Waals surface area contributed by atoms with Crippen molar-refractivity contribution in [3.63, 3.8) is 0 Å². The molecule has 0 amide bonds. The van der Waals surface area contributed by atoms with Crippen molar-refractivity contribution in [3.05, 3.63) is 7.43 Å². The minimum Gasteiger partial charge on any atom is -0.466 e. The summed E-state index contributed by atoms with van der Waals surface area (Å²) in [6, 6.07) is 0. The Labute approximate surface area is 89.0 Å². The second-order valence-electron chi connectivity index (χ2n) is 3.38. The minimum atomic E-state index is -0.0293. The fourth-order valence-electron chi connectivity index (χ4n) is 1.16. The Hall–Kier alpha value is -0.530. The zero-order valence-corrected chi connectivity index (χ0v) is 9.97. The maximum atomic E-state index is 11.0. The van der Waals surface area contributed by atoms with E-state index < -0.39 is 0 Å². The number of hydrogen-bond donors (Lipinski definition) is 0. The molecule has 0 bridgehead atoms. The van der Waals surface area contributed by atoms with Gasteiger partial charge in [-0.25, -0.2) is 0 Å². The van der Waals surface area contributed by atoms with Crippen molar-refractivity contribution in [2.45, 2.75) is 58.8 Å². The predicted octanol–water partition coefficient (Wildman–Crippen LogP) is 3.75. The van der Waals surface area contributed by atoms with Crippen LogP contribution in [-0.2, 0) is 9.53 Å². The first-order valence-electron chi connectivity index (χ1n) is 5.46. The average molecular weight is 201 g/mol. The zero-order chi connectivity index (χ0) is 9.94. The standard InChI is InChI=1S/C11H22O2.CH3/c1-3-5-6-7-8-9-11(12)13-10-4-2;/h3-10H2,1-2H3;1H3. The van der Waals surface area contributed by atoms with E-state index in [4.69, 9.17) is 4.74 Å². The van der Waals surface area contributed by atoms with Crippen LogP contribution in [0.4, 0.5) is 0 Å². The molecule has 0 aliphatic rings. The van der Waals surface area contributed by atoms with Crippen LogP contribution >= 0.6 is 0 Å². The highest BCUT2D eigenvalue weighted by molar-refractivity contribution is 5.69. The van der Waals surface area contributed by atoms with Gasteiger partial charge in [0.2, 0.25) is 0 Å². The first-order valence-corrected chi connectivity index (χ1v) is 5.46. The van der Waals surface area contributed by atoms with Crippen LogP contribution in [0.25, 0.3) is 0 Å². The van der Waals surface area contributed by atoms with Crippen molar-refractivity contribution in [1.29, 1.82) is 0 Å². The Balaban J connectivity index is 0. The quantitative estimate of drug-likeness (QED) is 0.441. The topological polar surface area (TPSA) is 26.3 Å². The molecule has 2 nitrogen and oxygen atoms in total. The second-order valence-corrected chi connectivity index (χ2v) is 3.38. The van der Waals surface area contributed by atoms with Gasteiger partial charge >= 0.3 is 5.97 Å². The van der Waals surface area contributed by atoms with Crippen molar-refractivity contribution < 1.29 is 9.53 Å². The van der Waals surface area contributed by atoms with Gasteiger partial charge in [-0.2, -0.15) is 0 Å². The summed E-state index contributed by atoms with van der Waals surface area (Å²) < 4.78 is 4.96. The molecule has 0 saturated heterocycles. The van der Waals surface area contributed by atoms with Gasteiger partial charge in [0.1, 0.15) is 0 Å². The molecule has 0 N–H and O–H groups in total. The van der Waals surface area contributed by atoms with Crippen molar-refractivity contribution in [3.8, 4) is 0 Å². The van der Waals surface area contributed by atoms with Crippen LogP contribution in [0, 0.1) is 7.43 Å². The van der Waals surface area contributed by atoms with Crippen molar-refractivity contribution >= 4 is 5.97 Å². The van der Waals surface area contributed by atoms with Crippen LogP contribution < -0.4 is 0 Å². The summed E-state index contributed by atoms with van der Waals surface area (Å²) in [6.07, 6.45) is 7.45. The molecule has 2 heteroatoms. The lowest BCUT2D eigenvalue weighted by Crippen LogP contribution is -2.04. The maximum absolute atomic E-state index is 11.0. The fraction of sp³-hybridized carbons (Fsp3) is 0.833. The van der Waals surface area contributed by atoms with E-state index >= 15 is 0 Å². The van der Waals surface area contributed by atoms with E-state index in [0.29, 0.717) is 13.0 Å². The van der Waals surface area contributed by atoms with E-state index in [1.807, 2.05) is 6.92 Å². The molecular formula is C12H25O2. The Morgan fingerprint density at radius 2 is 1.64 bits per heavy atom. The number of unbranched alkanes of at least 4 members (excludes halogenated alkanes) is 4. The molecule has 1 radical (unpaired) electrons. The van der Waals surface area contributed by atoms with Crippen LogP contribution in [0.3, 0.4) is 0 Å². The molecular weight excluding hydrogens is 176 g/mol. The van der Waals surface area contributed by atoms with Crippen LogP contribution in [0.5, 0.6) is 0 Å². The van der Waals surface area contributed by atoms with E-state index in [9.17, 15) is 4.79 Å². The Kier molecular flexibility index (Phi) is 14.2. The van der Waals surface area contributed by atoms with Gasteiger partial charge in [-0.3, -0.25) is 4.79 Å². The molecule has 14 heavy (non-hydrogen) atoms. The van der Waals surface area contributed by atoms with Crippen molar-refractivity contribution in [2.24, 2.45) is 0 Å². The smallest absolute Gasteiger partial charge is 0.305 e. The summed E-state index contributed by atoms with van der Waals surface area (Å²) in [5.74, 6) is -0.0293. The molecule has 0 atom stereocenters. The van der Waals surface area contributed by atoms with E-state index in [1.165, 1.54) is 19.3 Å². The third-order valence-corrected chi connectivity index (χ3v) is 1.95. The predicted molar refractivity (Wildman–Crippen MR) is 61.0 cm³/mol. The Morgan fingerprint density at radius 3 is 2.21 bits per heavy atom. The summed E-state index contributed by atoms with van der Waals surface area (Å²) in [5.41, 5.74) is 0. The van der Waals surface area contributed by atoms with Gasteiger partial charge in [-0.15, -0.1) is 0 Å². The monoisotopic (exact) mass is 201 g/mol. The molecule has 0 aliphatic carbocycles. The summed E-state index contributed by atoms with van der Waals surface area (Å²) in [4.78, 5) is 11.0. The first-order chi connectivity index (χ1) is 6.31. The molecule has 85 valence electrons. The van der Waals surface area contributed by atoms with Gasteiger partial charge in [0.15, 0.2) is 0 Å². The minimum absolute atomic E-state index is 0. The number of esters is 1. The third kappa shape index (κ3) is 11.5. The molecule has 0 aromatic heterocycles. The molecule has 0 unspecified atom stereocenters. The lowest BCUT2D eigenvalue weighted by atomic mass is 10.1. The maximum Gasteiger partial charge on any atom is 0.305 e. The summed E-state index contributed by atoms with van der Waals surface area (Å²) >= 11 is 0. The van der Waals surface area contributed by atoms with Crippen LogP contribution in [0.1, 0.15) is 58.8 Å². The highest BCUT2D eigenvalue weighted by Crippen LogP contribution is 2.05. The molecule has 0 fully saturated rings. The zero-order valence-electron chi connectivity index (χ0n) is 9.97. The number of hydrogen-bond acceptors (Lipinski definition) is 2. The first kappa shape index (κ1) is 15.9. The van der Waals surface area contributed by atoms with Crippen molar-refractivity contribution in [1.82, 2.24) is 0 Å². The highest BCUT2D eigenvalue weighted by atomic mass is 16.5. The molecule has 0 spiro atoms. The van der Waals surface area contributed by atoms with Gasteiger partial charge in [-0.1, -0.05) is 47.0 Å². The van der Waals surface area contributed by atoms with E-state index in [2.05, 4.69) is 6.92 Å². The lowest BCUT2D eigenvalue weighted by molar-refractivity contribution is -0.143. The van der Waals surface area contributed by atoms with Gasteiger partial charge in [0.25, 0.3) is 0 Å². The number of rotatable bonds is 8. The van der Waals surface area contributed by atoms with Gasteiger partial charge in [0, 0.05) is 6.42 Å². The number of ether oxygens (including phenoxy) is 1. The number of carbonyl (C=O) groups excluding carboxylic acids is 1. The van der Waals surface area contributed by atoms with E-state index in [-0.39, 0.29) is 13.4 Å². The summed E-state index contributed by atoms with van der Waals surface area (Å²) in [5, 5.41) is 0. The van der Waals surface area contributed by atoms with Gasteiger partial charge in [-0.05, 0) is 12.8 Å². The summed E-state index contributed by atoms with van der Waals surface area (Å²) in [6.45, 7) is 4.78. The Morgan fingerprint density at radius 1 is 1.00 bits per heavy atom. The van der Waals surface area contributed by atoms with E-state index in [0.717, 1.165) is 19.3 Å². The summed E-state index contributed by atoms with van der Waals surface area (Å²) in [7, 11) is 0. The molecule has 0 heterocycles. The SMILES string of the molecule is CCCCCCCC(=O)OCCC.[CH3]. The van der Waals surface area contributed by atoms with Crippen molar-refractivity contribution in [2.75, 3.05) is 6.61 Å². The molecule has 0 aromatic rings. The molecule has 0 rings (SSSR count). The fourth-order valence-corrected chi connectivity index (χ4v) is 1.16. The van der Waals surface area contributed by atoms with E-state index in [1.54, 1.807) is 0 Å². The highest BCUT2D eigenvalue weighted by Gasteiger charge is 2.00. The molecule has 0 saturated carbocycles. The number of carbonyl (C=O) groups is 1. The second kappa shape index (κ2) is 12.5. The van der Waals surface area contributed by atoms with Gasteiger partial charge < -0.3 is 4.74 Å². The molecule has 0 aromatic carbocycles. The normalized spacial score (nSPS) is 9.29. The van der Waals surface area contributed by atoms with Crippen LogP contribution in [0.15, 0.2) is 0 Å². The largest absolute Gasteiger partial charge is 0.466 e.